The highest BCUT2D eigenvalue weighted by Crippen LogP contribution is 2.44. The van der Waals surface area contributed by atoms with Crippen LogP contribution in [0.15, 0.2) is 132 Å². The van der Waals surface area contributed by atoms with E-state index in [1.54, 1.807) is 0 Å². The van der Waals surface area contributed by atoms with Crippen molar-refractivity contribution in [1.29, 1.82) is 0 Å². The minimum Gasteiger partial charge on any atom is -0.436 e. The molecule has 0 saturated carbocycles. The van der Waals surface area contributed by atoms with Crippen molar-refractivity contribution < 1.29 is 4.42 Å². The van der Waals surface area contributed by atoms with Crippen molar-refractivity contribution in [2.24, 2.45) is 0 Å². The molecule has 0 saturated heterocycles. The summed E-state index contributed by atoms with van der Waals surface area (Å²) in [5.41, 5.74) is 12.9. The number of thiophene rings is 1. The van der Waals surface area contributed by atoms with Crippen molar-refractivity contribution in [1.82, 2.24) is 4.98 Å². The van der Waals surface area contributed by atoms with E-state index in [0.29, 0.717) is 5.89 Å². The Hall–Kier alpha value is -4.99. The number of aromatic nitrogens is 1. The lowest BCUT2D eigenvalue weighted by Crippen LogP contribution is -2.10. The molecule has 8 aromatic rings. The smallest absolute Gasteiger partial charge is 0.227 e. The largest absolute Gasteiger partial charge is 0.436 e. The summed E-state index contributed by atoms with van der Waals surface area (Å²) < 4.78 is 8.68. The maximum atomic E-state index is 6.08. The van der Waals surface area contributed by atoms with Crippen molar-refractivity contribution in [3.05, 3.63) is 139 Å². The Labute approximate surface area is 286 Å². The minimum absolute atomic E-state index is 0.106. The van der Waals surface area contributed by atoms with E-state index in [0.717, 1.165) is 16.7 Å². The first-order chi connectivity index (χ1) is 23.0. The van der Waals surface area contributed by atoms with Crippen LogP contribution in [0.4, 0.5) is 0 Å². The van der Waals surface area contributed by atoms with Crippen LogP contribution in [0.3, 0.4) is 0 Å². The summed E-state index contributed by atoms with van der Waals surface area (Å²) in [4.78, 5) is 4.73. The molecule has 236 valence electrons. The molecule has 8 rings (SSSR count). The molecule has 3 heteroatoms. The second-order valence-electron chi connectivity index (χ2n) is 14.9. The number of rotatable bonds is 4. The predicted molar refractivity (Wildman–Crippen MR) is 206 cm³/mol. The van der Waals surface area contributed by atoms with Crippen molar-refractivity contribution in [2.45, 2.75) is 52.4 Å². The molecule has 0 atom stereocenters. The van der Waals surface area contributed by atoms with E-state index in [1.165, 1.54) is 64.7 Å². The maximum Gasteiger partial charge on any atom is 0.227 e. The first-order valence-corrected chi connectivity index (χ1v) is 17.5. The Kier molecular flexibility index (Phi) is 7.16. The summed E-state index contributed by atoms with van der Waals surface area (Å²) in [5.74, 6) is 0.644. The summed E-state index contributed by atoms with van der Waals surface area (Å²) in [7, 11) is 0. The summed E-state index contributed by atoms with van der Waals surface area (Å²) in [5, 5.41) is 2.59. The molecule has 2 aromatic heterocycles. The van der Waals surface area contributed by atoms with Crippen molar-refractivity contribution in [3.63, 3.8) is 0 Å². The van der Waals surface area contributed by atoms with E-state index < -0.39 is 0 Å². The molecule has 0 radical (unpaired) electrons. The third kappa shape index (κ3) is 5.52. The van der Waals surface area contributed by atoms with Crippen LogP contribution in [-0.4, -0.2) is 4.98 Å². The first-order valence-electron chi connectivity index (χ1n) is 16.7. The van der Waals surface area contributed by atoms with Gasteiger partial charge in [-0.2, -0.15) is 0 Å². The summed E-state index contributed by atoms with van der Waals surface area (Å²) in [6, 6.07) is 46.5. The third-order valence-corrected chi connectivity index (χ3v) is 10.7. The number of oxazole rings is 1. The summed E-state index contributed by atoms with van der Waals surface area (Å²) >= 11 is 1.88. The molecule has 6 aromatic carbocycles. The topological polar surface area (TPSA) is 26.0 Å². The highest BCUT2D eigenvalue weighted by Gasteiger charge is 2.18. The lowest BCUT2D eigenvalue weighted by molar-refractivity contribution is 0.590. The van der Waals surface area contributed by atoms with Gasteiger partial charge in [0.05, 0.1) is 0 Å². The normalized spacial score (nSPS) is 12.4. The molecular formula is C45H39NOS. The standard InChI is InChI=1S/C45H39NOS/c1-44(2,3)34-20-15-28(16-21-34)32-19-24-41-37(25-32)38-27-33(29-17-22-35(23-18-29)45(4,5)6)26-36(42(38)48-41)30-11-13-31(14-12-30)43-46-39-9-7-8-10-40(39)47-43/h7-27H,1-6H3. The van der Waals surface area contributed by atoms with Crippen LogP contribution in [0.1, 0.15) is 52.7 Å². The lowest BCUT2D eigenvalue weighted by atomic mass is 9.86. The van der Waals surface area contributed by atoms with E-state index in [9.17, 15) is 0 Å². The molecule has 0 unspecified atom stereocenters. The van der Waals surface area contributed by atoms with Gasteiger partial charge in [0.25, 0.3) is 0 Å². The van der Waals surface area contributed by atoms with E-state index in [1.807, 2.05) is 35.6 Å². The van der Waals surface area contributed by atoms with Gasteiger partial charge in [-0.15, -0.1) is 11.3 Å². The van der Waals surface area contributed by atoms with Crippen LogP contribution in [-0.2, 0) is 10.8 Å². The molecular weight excluding hydrogens is 603 g/mol. The van der Waals surface area contributed by atoms with E-state index in [-0.39, 0.29) is 10.8 Å². The van der Waals surface area contributed by atoms with Crippen LogP contribution in [0, 0.1) is 0 Å². The number of hydrogen-bond acceptors (Lipinski definition) is 3. The van der Waals surface area contributed by atoms with Crippen molar-refractivity contribution in [3.8, 4) is 44.8 Å². The van der Waals surface area contributed by atoms with Gasteiger partial charge in [-0.05, 0) is 98.3 Å². The molecule has 2 heterocycles. The molecule has 0 aliphatic carbocycles. The highest BCUT2D eigenvalue weighted by atomic mass is 32.1. The molecule has 0 fully saturated rings. The minimum atomic E-state index is 0.106. The number of benzene rings is 6. The molecule has 0 aliphatic rings. The van der Waals surface area contributed by atoms with Crippen molar-refractivity contribution >= 4 is 42.6 Å². The quantitative estimate of drug-likeness (QED) is 0.191. The molecule has 0 N–H and O–H groups in total. The highest BCUT2D eigenvalue weighted by molar-refractivity contribution is 7.26. The molecule has 48 heavy (non-hydrogen) atoms. The van der Waals surface area contributed by atoms with E-state index >= 15 is 0 Å². The number of para-hydroxylation sites is 2. The van der Waals surface area contributed by atoms with Gasteiger partial charge >= 0.3 is 0 Å². The third-order valence-electron chi connectivity index (χ3n) is 9.48. The Morgan fingerprint density at radius 1 is 0.500 bits per heavy atom. The average Bonchev–Trinajstić information content (AvgIpc) is 3.69. The van der Waals surface area contributed by atoms with Gasteiger partial charge in [-0.1, -0.05) is 120 Å². The maximum absolute atomic E-state index is 6.08. The molecule has 0 amide bonds. The van der Waals surface area contributed by atoms with Gasteiger partial charge in [0.1, 0.15) is 5.52 Å². The van der Waals surface area contributed by atoms with Crippen LogP contribution in [0.2, 0.25) is 0 Å². The zero-order chi connectivity index (χ0) is 33.2. The second-order valence-corrected chi connectivity index (χ2v) is 16.0. The monoisotopic (exact) mass is 641 g/mol. The van der Waals surface area contributed by atoms with Gasteiger partial charge in [-0.3, -0.25) is 0 Å². The lowest BCUT2D eigenvalue weighted by Gasteiger charge is -2.19. The molecule has 0 aliphatic heterocycles. The van der Waals surface area contributed by atoms with Gasteiger partial charge < -0.3 is 4.42 Å². The van der Waals surface area contributed by atoms with E-state index in [4.69, 9.17) is 9.40 Å². The van der Waals surface area contributed by atoms with Crippen molar-refractivity contribution in [2.75, 3.05) is 0 Å². The zero-order valence-corrected chi connectivity index (χ0v) is 29.2. The molecule has 0 spiro atoms. The number of hydrogen-bond donors (Lipinski definition) is 0. The Morgan fingerprint density at radius 2 is 1.04 bits per heavy atom. The second kappa shape index (κ2) is 11.3. The van der Waals surface area contributed by atoms with Gasteiger partial charge in [0, 0.05) is 31.3 Å². The van der Waals surface area contributed by atoms with Crippen LogP contribution in [0.25, 0.3) is 76.1 Å². The SMILES string of the molecule is CC(C)(C)c1ccc(-c2ccc3sc4c(-c5ccc(-c6nc7ccccc7o6)cc5)cc(-c5ccc(C(C)(C)C)cc5)cc4c3c2)cc1. The van der Waals surface area contributed by atoms with Gasteiger partial charge in [0.15, 0.2) is 5.58 Å². The Balaban J connectivity index is 1.27. The summed E-state index contributed by atoms with van der Waals surface area (Å²) in [6.45, 7) is 13.6. The van der Waals surface area contributed by atoms with Crippen LogP contribution < -0.4 is 0 Å². The fraction of sp³-hybridized carbons (Fsp3) is 0.178. The van der Waals surface area contributed by atoms with E-state index in [2.05, 4.69) is 145 Å². The fourth-order valence-corrected chi connectivity index (χ4v) is 7.75. The Bertz CT molecular complexity index is 2400. The predicted octanol–water partition coefficient (Wildman–Crippen LogP) is 13.5. The number of nitrogens with zero attached hydrogens (tertiary/aromatic N) is 1. The molecule has 0 bridgehead atoms. The summed E-state index contributed by atoms with van der Waals surface area (Å²) in [6.07, 6.45) is 0. The van der Waals surface area contributed by atoms with Crippen LogP contribution >= 0.6 is 11.3 Å². The zero-order valence-electron chi connectivity index (χ0n) is 28.4. The fourth-order valence-electron chi connectivity index (χ4n) is 6.55. The Morgan fingerprint density at radius 3 is 1.67 bits per heavy atom. The van der Waals surface area contributed by atoms with Gasteiger partial charge in [-0.25, -0.2) is 4.98 Å². The van der Waals surface area contributed by atoms with Gasteiger partial charge in [0.2, 0.25) is 5.89 Å². The van der Waals surface area contributed by atoms with Crippen LogP contribution in [0.5, 0.6) is 0 Å². The number of fused-ring (bicyclic) bond motifs is 4. The molecule has 2 nitrogen and oxygen atoms in total. The first kappa shape index (κ1) is 30.4. The average molecular weight is 642 g/mol.